The minimum atomic E-state index is -0.157. The van der Waals surface area contributed by atoms with E-state index in [2.05, 4.69) is 17.4 Å². The third-order valence-corrected chi connectivity index (χ3v) is 6.39. The number of rotatable bonds is 6. The highest BCUT2D eigenvalue weighted by molar-refractivity contribution is 5.91. The Kier molecular flexibility index (Phi) is 6.99. The third-order valence-electron chi connectivity index (χ3n) is 6.39. The fourth-order valence-electron chi connectivity index (χ4n) is 4.43. The minimum Gasteiger partial charge on any atom is -0.494 e. The molecule has 32 heavy (non-hydrogen) atoms. The largest absolute Gasteiger partial charge is 0.494 e. The van der Waals surface area contributed by atoms with Crippen LogP contribution >= 0.6 is 0 Å². The Hall–Kier alpha value is -3.00. The maximum absolute atomic E-state index is 12.9. The number of carbonyl (C=O) groups excluding carboxylic acids is 2. The molecule has 0 aliphatic carbocycles. The molecule has 2 saturated heterocycles. The Morgan fingerprint density at radius 3 is 2.34 bits per heavy atom. The number of carbonyl (C=O) groups is 2. The number of nitrogens with zero attached hydrogens (tertiary/aromatic N) is 2. The van der Waals surface area contributed by atoms with Crippen molar-refractivity contribution in [2.75, 3.05) is 52.5 Å². The quantitative estimate of drug-likeness (QED) is 0.745. The highest BCUT2D eigenvalue weighted by Gasteiger charge is 2.36. The molecule has 1 aromatic carbocycles. The lowest BCUT2D eigenvalue weighted by Crippen LogP contribution is -2.55. The summed E-state index contributed by atoms with van der Waals surface area (Å²) in [5.74, 6) is 1.05. The number of benzene rings is 1. The highest BCUT2D eigenvalue weighted by atomic mass is 16.5. The van der Waals surface area contributed by atoms with E-state index in [1.807, 2.05) is 19.1 Å². The van der Waals surface area contributed by atoms with Gasteiger partial charge in [-0.3, -0.25) is 4.79 Å². The van der Waals surface area contributed by atoms with Gasteiger partial charge in [0.2, 0.25) is 0 Å². The lowest BCUT2D eigenvalue weighted by molar-refractivity contribution is 0.0493. The minimum absolute atomic E-state index is 0.0908. The van der Waals surface area contributed by atoms with E-state index in [1.165, 1.54) is 11.8 Å². The Morgan fingerprint density at radius 2 is 1.72 bits per heavy atom. The first-order valence-corrected chi connectivity index (χ1v) is 11.3. The molecule has 2 fully saturated rings. The molecular weight excluding hydrogens is 410 g/mol. The summed E-state index contributed by atoms with van der Waals surface area (Å²) in [5.41, 5.74) is 1.04. The van der Waals surface area contributed by atoms with Crippen molar-refractivity contribution >= 4 is 11.9 Å². The molecule has 3 amide bonds. The molecule has 1 N–H and O–H groups in total. The molecule has 2 aliphatic heterocycles. The van der Waals surface area contributed by atoms with Crippen molar-refractivity contribution in [1.29, 1.82) is 0 Å². The van der Waals surface area contributed by atoms with E-state index in [-0.39, 0.29) is 17.4 Å². The normalized spacial score (nSPS) is 18.3. The lowest BCUT2D eigenvalue weighted by atomic mass is 9.74. The Balaban J connectivity index is 1.34. The first kappa shape index (κ1) is 22.2. The second kappa shape index (κ2) is 10.1. The van der Waals surface area contributed by atoms with E-state index >= 15 is 0 Å². The SMILES string of the molecule is CCOc1ccc(C2(CNC(=O)N3CCN(C(=O)c4ccco4)CC3)CCOCC2)cc1. The topological polar surface area (TPSA) is 84.3 Å². The summed E-state index contributed by atoms with van der Waals surface area (Å²) in [7, 11) is 0. The molecule has 0 atom stereocenters. The number of furan rings is 1. The van der Waals surface area contributed by atoms with E-state index in [4.69, 9.17) is 13.9 Å². The fourth-order valence-corrected chi connectivity index (χ4v) is 4.43. The van der Waals surface area contributed by atoms with Gasteiger partial charge in [-0.1, -0.05) is 12.1 Å². The van der Waals surface area contributed by atoms with Gasteiger partial charge in [-0.15, -0.1) is 0 Å². The average molecular weight is 442 g/mol. The van der Waals surface area contributed by atoms with Gasteiger partial charge in [-0.2, -0.15) is 0 Å². The summed E-state index contributed by atoms with van der Waals surface area (Å²) >= 11 is 0. The van der Waals surface area contributed by atoms with Gasteiger partial charge in [-0.25, -0.2) is 4.79 Å². The van der Waals surface area contributed by atoms with Gasteiger partial charge in [-0.05, 0) is 49.6 Å². The van der Waals surface area contributed by atoms with Crippen LogP contribution in [-0.2, 0) is 10.2 Å². The predicted octanol–water partition coefficient (Wildman–Crippen LogP) is 2.89. The van der Waals surface area contributed by atoms with Gasteiger partial charge < -0.3 is 29.0 Å². The predicted molar refractivity (Wildman–Crippen MR) is 119 cm³/mol. The third kappa shape index (κ3) is 4.91. The van der Waals surface area contributed by atoms with E-state index in [9.17, 15) is 9.59 Å². The zero-order valence-electron chi connectivity index (χ0n) is 18.5. The second-order valence-electron chi connectivity index (χ2n) is 8.27. The molecule has 4 rings (SSSR count). The van der Waals surface area contributed by atoms with Gasteiger partial charge in [0.1, 0.15) is 5.75 Å². The summed E-state index contributed by atoms with van der Waals surface area (Å²) in [6.45, 7) is 6.48. The molecule has 1 aromatic heterocycles. The van der Waals surface area contributed by atoms with Crippen LogP contribution in [0.25, 0.3) is 0 Å². The molecule has 0 bridgehead atoms. The molecule has 0 spiro atoms. The Labute approximate surface area is 188 Å². The van der Waals surface area contributed by atoms with Crippen molar-refractivity contribution in [2.24, 2.45) is 0 Å². The smallest absolute Gasteiger partial charge is 0.317 e. The lowest BCUT2D eigenvalue weighted by Gasteiger charge is -2.39. The van der Waals surface area contributed by atoms with Crippen molar-refractivity contribution in [3.05, 3.63) is 54.0 Å². The maximum atomic E-state index is 12.9. The summed E-state index contributed by atoms with van der Waals surface area (Å²) in [5, 5.41) is 3.15. The van der Waals surface area contributed by atoms with Crippen molar-refractivity contribution in [1.82, 2.24) is 15.1 Å². The van der Waals surface area contributed by atoms with Gasteiger partial charge in [0.05, 0.1) is 12.9 Å². The van der Waals surface area contributed by atoms with Crippen LogP contribution in [0.5, 0.6) is 5.75 Å². The number of ether oxygens (including phenoxy) is 2. The fraction of sp³-hybridized carbons (Fsp3) is 0.500. The van der Waals surface area contributed by atoms with Crippen LogP contribution in [0.15, 0.2) is 47.1 Å². The summed E-state index contributed by atoms with van der Waals surface area (Å²) < 4.78 is 16.4. The van der Waals surface area contributed by atoms with E-state index in [0.717, 1.165) is 18.6 Å². The highest BCUT2D eigenvalue weighted by Crippen LogP contribution is 2.35. The zero-order chi connectivity index (χ0) is 22.4. The van der Waals surface area contributed by atoms with Crippen LogP contribution < -0.4 is 10.1 Å². The maximum Gasteiger partial charge on any atom is 0.317 e. The van der Waals surface area contributed by atoms with E-state index in [0.29, 0.717) is 58.3 Å². The standard InChI is InChI=1S/C24H31N3O5/c1-2-31-20-7-5-19(6-8-20)24(9-16-30-17-10-24)18-25-23(29)27-13-11-26(12-14-27)22(28)21-4-3-15-32-21/h3-8,15H,2,9-14,16-18H2,1H3,(H,25,29). The van der Waals surface area contributed by atoms with E-state index < -0.39 is 0 Å². The van der Waals surface area contributed by atoms with Crippen molar-refractivity contribution in [3.8, 4) is 5.75 Å². The van der Waals surface area contributed by atoms with Crippen LogP contribution in [0, 0.1) is 0 Å². The van der Waals surface area contributed by atoms with Crippen molar-refractivity contribution in [3.63, 3.8) is 0 Å². The Bertz CT molecular complexity index is 883. The van der Waals surface area contributed by atoms with Crippen molar-refractivity contribution in [2.45, 2.75) is 25.2 Å². The molecule has 8 heteroatoms. The molecule has 0 radical (unpaired) electrons. The molecule has 2 aliphatic rings. The van der Waals surface area contributed by atoms with Crippen LogP contribution in [0.3, 0.4) is 0 Å². The van der Waals surface area contributed by atoms with Crippen LogP contribution in [-0.4, -0.2) is 74.3 Å². The van der Waals surface area contributed by atoms with Gasteiger partial charge in [0.25, 0.3) is 5.91 Å². The van der Waals surface area contributed by atoms with Crippen LogP contribution in [0.4, 0.5) is 4.79 Å². The average Bonchev–Trinajstić information content (AvgIpc) is 3.38. The number of amides is 3. The van der Waals surface area contributed by atoms with Crippen LogP contribution in [0.1, 0.15) is 35.9 Å². The molecule has 2 aromatic rings. The summed E-state index contributed by atoms with van der Waals surface area (Å²) in [4.78, 5) is 28.8. The van der Waals surface area contributed by atoms with Gasteiger partial charge >= 0.3 is 6.03 Å². The Morgan fingerprint density at radius 1 is 1.03 bits per heavy atom. The molecule has 8 nitrogen and oxygen atoms in total. The summed E-state index contributed by atoms with van der Waals surface area (Å²) in [6.07, 6.45) is 3.20. The number of hydrogen-bond donors (Lipinski definition) is 1. The van der Waals surface area contributed by atoms with Crippen LogP contribution in [0.2, 0.25) is 0 Å². The van der Waals surface area contributed by atoms with Gasteiger partial charge in [0, 0.05) is 51.4 Å². The number of urea groups is 1. The second-order valence-corrected chi connectivity index (χ2v) is 8.27. The van der Waals surface area contributed by atoms with E-state index in [1.54, 1.807) is 21.9 Å². The molecule has 0 unspecified atom stereocenters. The molecule has 172 valence electrons. The molecular formula is C24H31N3O5. The van der Waals surface area contributed by atoms with Gasteiger partial charge in [0.15, 0.2) is 5.76 Å². The monoisotopic (exact) mass is 441 g/mol. The summed E-state index contributed by atoms with van der Waals surface area (Å²) in [6, 6.07) is 11.5. The number of piperazine rings is 1. The first-order chi connectivity index (χ1) is 15.6. The zero-order valence-corrected chi connectivity index (χ0v) is 18.5. The molecule has 0 saturated carbocycles. The van der Waals surface area contributed by atoms with Crippen molar-refractivity contribution < 1.29 is 23.5 Å². The molecule has 3 heterocycles. The first-order valence-electron chi connectivity index (χ1n) is 11.3. The number of nitrogens with one attached hydrogen (secondary N) is 1. The number of hydrogen-bond acceptors (Lipinski definition) is 5.